The van der Waals surface area contributed by atoms with Gasteiger partial charge >= 0.3 is 0 Å². The topological polar surface area (TPSA) is 55.9 Å². The van der Waals surface area contributed by atoms with Crippen LogP contribution in [0, 0.1) is 5.92 Å². The van der Waals surface area contributed by atoms with E-state index in [2.05, 4.69) is 10.2 Å². The molecule has 1 N–H and O–H groups in total. The van der Waals surface area contributed by atoms with Crippen molar-refractivity contribution >= 4 is 11.8 Å². The standard InChI is InChI=1S/C17H30N4O2/c1-14(22)20-8-10-21(11-9-20)17(23)13-19-6-4-16(5-7-19)18-12-15-2-3-15/h15-16,18H,2-13H2,1H3. The van der Waals surface area contributed by atoms with Gasteiger partial charge in [-0.25, -0.2) is 0 Å². The fourth-order valence-corrected chi connectivity index (χ4v) is 3.51. The van der Waals surface area contributed by atoms with E-state index in [1.54, 1.807) is 6.92 Å². The molecule has 6 heteroatoms. The van der Waals surface area contributed by atoms with Gasteiger partial charge in [0.2, 0.25) is 11.8 Å². The van der Waals surface area contributed by atoms with E-state index < -0.39 is 0 Å². The number of rotatable bonds is 5. The van der Waals surface area contributed by atoms with Crippen molar-refractivity contribution in [3.8, 4) is 0 Å². The van der Waals surface area contributed by atoms with Crippen molar-refractivity contribution in [3.63, 3.8) is 0 Å². The number of likely N-dealkylation sites (tertiary alicyclic amines) is 1. The Morgan fingerprint density at radius 3 is 2.09 bits per heavy atom. The Morgan fingerprint density at radius 1 is 0.913 bits per heavy atom. The second-order valence-corrected chi connectivity index (χ2v) is 7.29. The first-order chi connectivity index (χ1) is 11.1. The highest BCUT2D eigenvalue weighted by atomic mass is 16.2. The van der Waals surface area contributed by atoms with Crippen LogP contribution in [0.4, 0.5) is 0 Å². The summed E-state index contributed by atoms with van der Waals surface area (Å²) in [5, 5.41) is 3.68. The summed E-state index contributed by atoms with van der Waals surface area (Å²) in [4.78, 5) is 29.8. The van der Waals surface area contributed by atoms with Crippen LogP contribution in [0.15, 0.2) is 0 Å². The minimum absolute atomic E-state index is 0.109. The highest BCUT2D eigenvalue weighted by Gasteiger charge is 2.27. The van der Waals surface area contributed by atoms with Gasteiger partial charge in [0.05, 0.1) is 6.54 Å². The van der Waals surface area contributed by atoms with Crippen LogP contribution in [-0.4, -0.2) is 84.9 Å². The number of amides is 2. The third-order valence-electron chi connectivity index (χ3n) is 5.42. The summed E-state index contributed by atoms with van der Waals surface area (Å²) >= 11 is 0. The molecule has 3 aliphatic rings. The summed E-state index contributed by atoms with van der Waals surface area (Å²) < 4.78 is 0. The minimum Gasteiger partial charge on any atom is -0.339 e. The van der Waals surface area contributed by atoms with Gasteiger partial charge in [0.1, 0.15) is 0 Å². The molecule has 0 aromatic carbocycles. The zero-order valence-electron chi connectivity index (χ0n) is 14.3. The molecule has 0 bridgehead atoms. The van der Waals surface area contributed by atoms with Gasteiger partial charge in [0.25, 0.3) is 0 Å². The van der Waals surface area contributed by atoms with E-state index in [1.165, 1.54) is 19.4 Å². The third kappa shape index (κ3) is 4.91. The number of hydrogen-bond acceptors (Lipinski definition) is 4. The lowest BCUT2D eigenvalue weighted by atomic mass is 10.0. The fourth-order valence-electron chi connectivity index (χ4n) is 3.51. The van der Waals surface area contributed by atoms with E-state index >= 15 is 0 Å². The quantitative estimate of drug-likeness (QED) is 0.782. The number of piperazine rings is 1. The molecule has 0 atom stereocenters. The predicted molar refractivity (Wildman–Crippen MR) is 89.0 cm³/mol. The van der Waals surface area contributed by atoms with E-state index in [4.69, 9.17) is 0 Å². The molecule has 0 aromatic heterocycles. The van der Waals surface area contributed by atoms with Crippen LogP contribution in [0.2, 0.25) is 0 Å². The lowest BCUT2D eigenvalue weighted by molar-refractivity contribution is -0.139. The summed E-state index contributed by atoms with van der Waals surface area (Å²) in [7, 11) is 0. The molecule has 1 aliphatic carbocycles. The van der Waals surface area contributed by atoms with Crippen LogP contribution in [0.3, 0.4) is 0 Å². The second-order valence-electron chi connectivity index (χ2n) is 7.29. The third-order valence-corrected chi connectivity index (χ3v) is 5.42. The van der Waals surface area contributed by atoms with Gasteiger partial charge in [-0.3, -0.25) is 14.5 Å². The van der Waals surface area contributed by atoms with Gasteiger partial charge < -0.3 is 15.1 Å². The predicted octanol–water partition coefficient (Wildman–Crippen LogP) is 0.141. The van der Waals surface area contributed by atoms with E-state index in [0.29, 0.717) is 38.8 Å². The first-order valence-corrected chi connectivity index (χ1v) is 9.11. The summed E-state index contributed by atoms with van der Waals surface area (Å²) in [6.07, 6.45) is 5.10. The van der Waals surface area contributed by atoms with Gasteiger partial charge in [-0.2, -0.15) is 0 Å². The molecule has 2 aliphatic heterocycles. The average molecular weight is 322 g/mol. The molecule has 130 valence electrons. The Morgan fingerprint density at radius 2 is 1.52 bits per heavy atom. The maximum absolute atomic E-state index is 12.4. The summed E-state index contributed by atoms with van der Waals surface area (Å²) in [6, 6.07) is 0.640. The van der Waals surface area contributed by atoms with E-state index in [-0.39, 0.29) is 11.8 Å². The number of carbonyl (C=O) groups is 2. The van der Waals surface area contributed by atoms with E-state index in [0.717, 1.165) is 31.8 Å². The zero-order chi connectivity index (χ0) is 16.2. The average Bonchev–Trinajstić information content (AvgIpc) is 3.38. The zero-order valence-corrected chi connectivity index (χ0v) is 14.3. The minimum atomic E-state index is 0.109. The summed E-state index contributed by atoms with van der Waals surface area (Å²) in [6.45, 7) is 8.05. The Kier molecular flexibility index (Phi) is 5.54. The molecule has 2 amide bonds. The van der Waals surface area contributed by atoms with Gasteiger partial charge in [-0.15, -0.1) is 0 Å². The molecule has 3 fully saturated rings. The lowest BCUT2D eigenvalue weighted by Crippen LogP contribution is -2.53. The van der Waals surface area contributed by atoms with Crippen molar-refractivity contribution in [2.75, 3.05) is 52.4 Å². The van der Waals surface area contributed by atoms with Crippen LogP contribution < -0.4 is 5.32 Å². The molecule has 1 saturated carbocycles. The van der Waals surface area contributed by atoms with Crippen LogP contribution in [0.1, 0.15) is 32.6 Å². The van der Waals surface area contributed by atoms with Crippen molar-refractivity contribution in [2.24, 2.45) is 5.92 Å². The number of nitrogens with one attached hydrogen (secondary N) is 1. The first-order valence-electron chi connectivity index (χ1n) is 9.11. The Balaban J connectivity index is 1.33. The van der Waals surface area contributed by atoms with Gasteiger partial charge in [-0.1, -0.05) is 0 Å². The number of piperidine rings is 1. The highest BCUT2D eigenvalue weighted by Crippen LogP contribution is 2.28. The molecule has 6 nitrogen and oxygen atoms in total. The molecule has 0 spiro atoms. The molecule has 23 heavy (non-hydrogen) atoms. The Hall–Kier alpha value is -1.14. The smallest absolute Gasteiger partial charge is 0.236 e. The Labute approximate surface area is 139 Å². The number of carbonyl (C=O) groups excluding carboxylic acids is 2. The summed E-state index contributed by atoms with van der Waals surface area (Å²) in [5.74, 6) is 1.26. The molecule has 0 unspecified atom stereocenters. The van der Waals surface area contributed by atoms with Crippen LogP contribution in [-0.2, 0) is 9.59 Å². The van der Waals surface area contributed by atoms with Crippen molar-refractivity contribution < 1.29 is 9.59 Å². The highest BCUT2D eigenvalue weighted by molar-refractivity contribution is 5.79. The maximum Gasteiger partial charge on any atom is 0.236 e. The van der Waals surface area contributed by atoms with Crippen LogP contribution in [0.5, 0.6) is 0 Å². The lowest BCUT2D eigenvalue weighted by Gasteiger charge is -2.37. The first kappa shape index (κ1) is 16.7. The largest absolute Gasteiger partial charge is 0.339 e. The maximum atomic E-state index is 12.4. The molecule has 2 saturated heterocycles. The monoisotopic (exact) mass is 322 g/mol. The molecule has 3 rings (SSSR count). The second kappa shape index (κ2) is 7.62. The van der Waals surface area contributed by atoms with Crippen molar-refractivity contribution in [3.05, 3.63) is 0 Å². The summed E-state index contributed by atoms with van der Waals surface area (Å²) in [5.41, 5.74) is 0. The number of nitrogens with zero attached hydrogens (tertiary/aromatic N) is 3. The molecular weight excluding hydrogens is 292 g/mol. The number of hydrogen-bond donors (Lipinski definition) is 1. The molecule has 0 aromatic rings. The van der Waals surface area contributed by atoms with Crippen molar-refractivity contribution in [2.45, 2.75) is 38.6 Å². The van der Waals surface area contributed by atoms with Crippen LogP contribution >= 0.6 is 0 Å². The van der Waals surface area contributed by atoms with E-state index in [9.17, 15) is 9.59 Å². The fraction of sp³-hybridized carbons (Fsp3) is 0.882. The molecule has 0 radical (unpaired) electrons. The molecule has 2 heterocycles. The normalized spacial score (nSPS) is 24.0. The van der Waals surface area contributed by atoms with Crippen LogP contribution in [0.25, 0.3) is 0 Å². The van der Waals surface area contributed by atoms with E-state index in [1.807, 2.05) is 9.80 Å². The van der Waals surface area contributed by atoms with Gasteiger partial charge in [0, 0.05) is 52.2 Å². The Bertz CT molecular complexity index is 422. The van der Waals surface area contributed by atoms with Crippen molar-refractivity contribution in [1.82, 2.24) is 20.0 Å². The molecular formula is C17H30N4O2. The van der Waals surface area contributed by atoms with Crippen molar-refractivity contribution in [1.29, 1.82) is 0 Å². The van der Waals surface area contributed by atoms with Gasteiger partial charge in [-0.05, 0) is 38.1 Å². The SMILES string of the molecule is CC(=O)N1CCN(C(=O)CN2CCC(NCC3CC3)CC2)CC1. The van der Waals surface area contributed by atoms with Gasteiger partial charge in [0.15, 0.2) is 0 Å².